The fraction of sp³-hybridized carbons (Fsp3) is 0.154. The van der Waals surface area contributed by atoms with Gasteiger partial charge in [-0.15, -0.1) is 0 Å². The summed E-state index contributed by atoms with van der Waals surface area (Å²) >= 11 is 7.21. The molecule has 7 heteroatoms. The third-order valence-electron chi connectivity index (χ3n) is 2.46. The van der Waals surface area contributed by atoms with E-state index in [1.807, 2.05) is 0 Å². The number of hydrogen-bond acceptors (Lipinski definition) is 4. The van der Waals surface area contributed by atoms with Gasteiger partial charge in [-0.2, -0.15) is 0 Å². The van der Waals surface area contributed by atoms with Gasteiger partial charge in [-0.3, -0.25) is 4.79 Å². The van der Waals surface area contributed by atoms with Gasteiger partial charge in [0.2, 0.25) is 0 Å². The molecule has 0 saturated heterocycles. The Bertz CT molecular complexity index is 639. The van der Waals surface area contributed by atoms with E-state index in [9.17, 15) is 9.18 Å². The number of thioether (sulfide) groups is 1. The Kier molecular flexibility index (Phi) is 4.92. The lowest BCUT2D eigenvalue weighted by Crippen LogP contribution is -2.24. The molecule has 2 aromatic rings. The first kappa shape index (κ1) is 14.7. The van der Waals surface area contributed by atoms with Crippen LogP contribution in [0.5, 0.6) is 0 Å². The summed E-state index contributed by atoms with van der Waals surface area (Å²) in [6, 6.07) is 6.01. The molecule has 0 aliphatic rings. The second-order valence-corrected chi connectivity index (χ2v) is 5.05. The smallest absolute Gasteiger partial charge is 0.271 e. The fourth-order valence-corrected chi connectivity index (χ4v) is 2.04. The van der Waals surface area contributed by atoms with E-state index in [1.54, 1.807) is 18.4 Å². The molecule has 0 spiro atoms. The monoisotopic (exact) mass is 311 g/mol. The SMILES string of the molecule is CSc1ncc(Cl)c(C(=O)NCc2cccc(F)c2)n1. The number of amides is 1. The van der Waals surface area contributed by atoms with Gasteiger partial charge < -0.3 is 5.32 Å². The van der Waals surface area contributed by atoms with Crippen LogP contribution in [0.2, 0.25) is 5.02 Å². The Morgan fingerprint density at radius 2 is 2.30 bits per heavy atom. The summed E-state index contributed by atoms with van der Waals surface area (Å²) in [5, 5.41) is 3.29. The van der Waals surface area contributed by atoms with E-state index in [2.05, 4.69) is 15.3 Å². The molecule has 104 valence electrons. The van der Waals surface area contributed by atoms with E-state index in [1.165, 1.54) is 30.1 Å². The quantitative estimate of drug-likeness (QED) is 0.697. The zero-order valence-electron chi connectivity index (χ0n) is 10.6. The highest BCUT2D eigenvalue weighted by molar-refractivity contribution is 7.98. The number of rotatable bonds is 4. The van der Waals surface area contributed by atoms with Crippen molar-refractivity contribution < 1.29 is 9.18 Å². The van der Waals surface area contributed by atoms with Crippen LogP contribution in [0, 0.1) is 5.82 Å². The molecule has 1 N–H and O–H groups in total. The Labute approximate surface area is 124 Å². The highest BCUT2D eigenvalue weighted by atomic mass is 35.5. The van der Waals surface area contributed by atoms with Crippen LogP contribution in [0.1, 0.15) is 16.1 Å². The maximum atomic E-state index is 13.0. The van der Waals surface area contributed by atoms with Crippen LogP contribution in [-0.4, -0.2) is 22.1 Å². The number of benzene rings is 1. The Morgan fingerprint density at radius 1 is 1.50 bits per heavy atom. The molecule has 4 nitrogen and oxygen atoms in total. The molecular formula is C13H11ClFN3OS. The van der Waals surface area contributed by atoms with E-state index in [4.69, 9.17) is 11.6 Å². The second kappa shape index (κ2) is 6.67. The predicted molar refractivity (Wildman–Crippen MR) is 76.4 cm³/mol. The van der Waals surface area contributed by atoms with Gasteiger partial charge in [-0.25, -0.2) is 14.4 Å². The molecule has 1 aromatic heterocycles. The van der Waals surface area contributed by atoms with Crippen LogP contribution in [0.25, 0.3) is 0 Å². The average molecular weight is 312 g/mol. The Morgan fingerprint density at radius 3 is 3.00 bits per heavy atom. The molecule has 0 aliphatic carbocycles. The minimum Gasteiger partial charge on any atom is -0.347 e. The normalized spacial score (nSPS) is 10.3. The van der Waals surface area contributed by atoms with Crippen LogP contribution in [-0.2, 0) is 6.54 Å². The molecule has 0 radical (unpaired) electrons. The van der Waals surface area contributed by atoms with Gasteiger partial charge in [-0.1, -0.05) is 35.5 Å². The summed E-state index contributed by atoms with van der Waals surface area (Å²) in [5.74, 6) is -0.765. The molecule has 0 fully saturated rings. The lowest BCUT2D eigenvalue weighted by Gasteiger charge is -2.07. The third-order valence-corrected chi connectivity index (χ3v) is 3.30. The van der Waals surface area contributed by atoms with Gasteiger partial charge in [0, 0.05) is 6.54 Å². The molecule has 0 saturated carbocycles. The van der Waals surface area contributed by atoms with Crippen LogP contribution in [0.3, 0.4) is 0 Å². The van der Waals surface area contributed by atoms with E-state index in [0.717, 1.165) is 0 Å². The summed E-state index contributed by atoms with van der Waals surface area (Å²) in [7, 11) is 0. The molecule has 1 amide bonds. The minimum absolute atomic E-state index is 0.113. The van der Waals surface area contributed by atoms with Gasteiger partial charge in [-0.05, 0) is 24.0 Å². The van der Waals surface area contributed by atoms with Crippen molar-refractivity contribution in [1.29, 1.82) is 0 Å². The Balaban J connectivity index is 2.08. The lowest BCUT2D eigenvalue weighted by molar-refractivity contribution is 0.0945. The van der Waals surface area contributed by atoms with Crippen molar-refractivity contribution in [2.24, 2.45) is 0 Å². The number of aromatic nitrogens is 2. The first-order valence-electron chi connectivity index (χ1n) is 5.69. The Hall–Kier alpha value is -1.66. The molecular weight excluding hydrogens is 301 g/mol. The number of nitrogens with zero attached hydrogens (tertiary/aromatic N) is 2. The fourth-order valence-electron chi connectivity index (χ4n) is 1.52. The van der Waals surface area contributed by atoms with Crippen LogP contribution < -0.4 is 5.32 Å². The van der Waals surface area contributed by atoms with Crippen LogP contribution in [0.4, 0.5) is 4.39 Å². The molecule has 1 aromatic carbocycles. The van der Waals surface area contributed by atoms with Crippen molar-refractivity contribution in [2.45, 2.75) is 11.7 Å². The third kappa shape index (κ3) is 3.68. The first-order valence-corrected chi connectivity index (χ1v) is 7.29. The van der Waals surface area contributed by atoms with Crippen molar-refractivity contribution in [3.8, 4) is 0 Å². The number of carbonyl (C=O) groups excluding carboxylic acids is 1. The zero-order valence-corrected chi connectivity index (χ0v) is 12.1. The van der Waals surface area contributed by atoms with Gasteiger partial charge in [0.1, 0.15) is 5.82 Å². The van der Waals surface area contributed by atoms with Crippen molar-refractivity contribution in [3.63, 3.8) is 0 Å². The van der Waals surface area contributed by atoms with Gasteiger partial charge in [0.05, 0.1) is 11.2 Å². The second-order valence-electron chi connectivity index (χ2n) is 3.87. The maximum Gasteiger partial charge on any atom is 0.271 e. The molecule has 0 aliphatic heterocycles. The van der Waals surface area contributed by atoms with Crippen molar-refractivity contribution in [3.05, 3.63) is 52.6 Å². The standard InChI is InChI=1S/C13H11ClFN3OS/c1-20-13-17-7-10(14)11(18-13)12(19)16-6-8-3-2-4-9(15)5-8/h2-5,7H,6H2,1H3,(H,16,19). The molecule has 0 unspecified atom stereocenters. The summed E-state index contributed by atoms with van der Waals surface area (Å²) in [6.45, 7) is 0.200. The van der Waals surface area contributed by atoms with E-state index >= 15 is 0 Å². The van der Waals surface area contributed by atoms with Crippen molar-refractivity contribution in [1.82, 2.24) is 15.3 Å². The number of nitrogens with one attached hydrogen (secondary N) is 1. The average Bonchev–Trinajstić information content (AvgIpc) is 2.45. The molecule has 1 heterocycles. The van der Waals surface area contributed by atoms with Crippen molar-refractivity contribution in [2.75, 3.05) is 6.26 Å². The van der Waals surface area contributed by atoms with Crippen LogP contribution >= 0.6 is 23.4 Å². The zero-order chi connectivity index (χ0) is 14.5. The minimum atomic E-state index is -0.419. The van der Waals surface area contributed by atoms with Gasteiger partial charge >= 0.3 is 0 Å². The number of carbonyl (C=O) groups is 1. The molecule has 0 bridgehead atoms. The molecule has 2 rings (SSSR count). The van der Waals surface area contributed by atoms with E-state index in [0.29, 0.717) is 10.7 Å². The predicted octanol–water partition coefficient (Wildman–Crippen LogP) is 2.92. The number of hydrogen-bond donors (Lipinski definition) is 1. The van der Waals surface area contributed by atoms with E-state index < -0.39 is 5.91 Å². The largest absolute Gasteiger partial charge is 0.347 e. The van der Waals surface area contributed by atoms with Gasteiger partial charge in [0.25, 0.3) is 5.91 Å². The van der Waals surface area contributed by atoms with Crippen LogP contribution in [0.15, 0.2) is 35.6 Å². The topological polar surface area (TPSA) is 54.9 Å². The van der Waals surface area contributed by atoms with Gasteiger partial charge in [0.15, 0.2) is 10.9 Å². The summed E-state index contributed by atoms with van der Waals surface area (Å²) < 4.78 is 13.0. The summed E-state index contributed by atoms with van der Waals surface area (Å²) in [5.41, 5.74) is 0.774. The lowest BCUT2D eigenvalue weighted by atomic mass is 10.2. The van der Waals surface area contributed by atoms with Crippen molar-refractivity contribution >= 4 is 29.3 Å². The van der Waals surface area contributed by atoms with E-state index in [-0.39, 0.29) is 23.1 Å². The first-order chi connectivity index (χ1) is 9.60. The molecule has 0 atom stereocenters. The highest BCUT2D eigenvalue weighted by Crippen LogP contribution is 2.16. The summed E-state index contributed by atoms with van der Waals surface area (Å²) in [6.07, 6.45) is 3.19. The maximum absolute atomic E-state index is 13.0. The molecule has 20 heavy (non-hydrogen) atoms. The number of halogens is 2. The summed E-state index contributed by atoms with van der Waals surface area (Å²) in [4.78, 5) is 20.0. The highest BCUT2D eigenvalue weighted by Gasteiger charge is 2.13.